The van der Waals surface area contributed by atoms with Crippen LogP contribution in [0.5, 0.6) is 0 Å². The molecule has 2 amide bonds. The molecule has 0 saturated carbocycles. The predicted octanol–water partition coefficient (Wildman–Crippen LogP) is 2.52. The lowest BCUT2D eigenvalue weighted by molar-refractivity contribution is -0.139. The number of sulfonamides is 1. The Morgan fingerprint density at radius 2 is 1.73 bits per heavy atom. The van der Waals surface area contributed by atoms with E-state index in [9.17, 15) is 22.4 Å². The number of carbonyl (C=O) groups is 2. The number of halogens is 2. The molecule has 2 aromatic rings. The average molecular weight is 500 g/mol. The molecule has 0 aliphatic rings. The maximum Gasteiger partial charge on any atom is 0.244 e. The van der Waals surface area contributed by atoms with Crippen molar-refractivity contribution in [2.75, 3.05) is 24.2 Å². The van der Waals surface area contributed by atoms with Gasteiger partial charge in [-0.25, -0.2) is 12.8 Å². The van der Waals surface area contributed by atoms with Crippen LogP contribution in [-0.2, 0) is 26.2 Å². The minimum Gasteiger partial charge on any atom is -0.357 e. The van der Waals surface area contributed by atoms with Crippen LogP contribution in [0.3, 0.4) is 0 Å². The summed E-state index contributed by atoms with van der Waals surface area (Å²) in [5.41, 5.74) is 0.500. The number of nitrogens with one attached hydrogen (secondary N) is 1. The van der Waals surface area contributed by atoms with Gasteiger partial charge in [-0.1, -0.05) is 30.3 Å². The number of para-hydroxylation sites is 1. The second-order valence-corrected chi connectivity index (χ2v) is 9.39. The van der Waals surface area contributed by atoms with Gasteiger partial charge < -0.3 is 10.2 Å². The lowest BCUT2D eigenvalue weighted by Crippen LogP contribution is -2.50. The zero-order valence-electron chi connectivity index (χ0n) is 16.8. The van der Waals surface area contributed by atoms with Gasteiger partial charge in [0.1, 0.15) is 18.4 Å². The summed E-state index contributed by atoms with van der Waals surface area (Å²) in [6, 6.07) is 11.5. The Bertz CT molecular complexity index is 1030. The summed E-state index contributed by atoms with van der Waals surface area (Å²) in [6.45, 7) is 0.770. The molecule has 1 atom stereocenters. The fourth-order valence-corrected chi connectivity index (χ4v) is 4.33. The Hall–Kier alpha value is -2.46. The molecule has 10 heteroatoms. The Morgan fingerprint density at radius 3 is 2.30 bits per heavy atom. The summed E-state index contributed by atoms with van der Waals surface area (Å²) < 4.78 is 40.4. The smallest absolute Gasteiger partial charge is 0.244 e. The molecular formula is C20H23BrFN3O4S. The Labute approximate surface area is 184 Å². The second-order valence-electron chi connectivity index (χ2n) is 6.62. The van der Waals surface area contributed by atoms with Gasteiger partial charge in [0.2, 0.25) is 21.8 Å². The first-order valence-electron chi connectivity index (χ1n) is 9.03. The quantitative estimate of drug-likeness (QED) is 0.604. The molecule has 0 fully saturated rings. The number of carbonyl (C=O) groups excluding carboxylic acids is 2. The normalized spacial score (nSPS) is 12.2. The summed E-state index contributed by atoms with van der Waals surface area (Å²) >= 11 is 3.30. The lowest BCUT2D eigenvalue weighted by Gasteiger charge is -2.31. The van der Waals surface area contributed by atoms with Gasteiger partial charge in [-0.05, 0) is 41.1 Å². The number of hydrogen-bond donors (Lipinski definition) is 1. The maximum atomic E-state index is 14.2. The van der Waals surface area contributed by atoms with Crippen LogP contribution < -0.4 is 9.62 Å². The zero-order valence-corrected chi connectivity index (χ0v) is 19.2. The molecule has 1 N–H and O–H groups in total. The Morgan fingerprint density at radius 1 is 1.13 bits per heavy atom. The van der Waals surface area contributed by atoms with Crippen molar-refractivity contribution in [3.8, 4) is 0 Å². The first-order valence-corrected chi connectivity index (χ1v) is 11.7. The number of benzene rings is 2. The van der Waals surface area contributed by atoms with E-state index in [4.69, 9.17) is 0 Å². The Balaban J connectivity index is 2.41. The van der Waals surface area contributed by atoms with Crippen molar-refractivity contribution < 1.29 is 22.4 Å². The number of anilines is 1. The highest BCUT2D eigenvalue weighted by molar-refractivity contribution is 9.10. The van der Waals surface area contributed by atoms with Crippen LogP contribution in [-0.4, -0.2) is 51.0 Å². The van der Waals surface area contributed by atoms with Gasteiger partial charge in [0.25, 0.3) is 0 Å². The van der Waals surface area contributed by atoms with Crippen molar-refractivity contribution in [3.63, 3.8) is 0 Å². The van der Waals surface area contributed by atoms with Crippen molar-refractivity contribution in [3.05, 3.63) is 64.4 Å². The van der Waals surface area contributed by atoms with E-state index >= 15 is 0 Å². The monoisotopic (exact) mass is 499 g/mol. The number of rotatable bonds is 8. The lowest BCUT2D eigenvalue weighted by atomic mass is 10.1. The van der Waals surface area contributed by atoms with Gasteiger partial charge >= 0.3 is 0 Å². The van der Waals surface area contributed by atoms with E-state index in [1.54, 1.807) is 30.3 Å². The van der Waals surface area contributed by atoms with Crippen molar-refractivity contribution in [1.29, 1.82) is 0 Å². The minimum absolute atomic E-state index is 0.187. The number of likely N-dealkylation sites (N-methyl/N-ethyl adjacent to an activating group) is 1. The first kappa shape index (κ1) is 23.8. The van der Waals surface area contributed by atoms with Crippen molar-refractivity contribution >= 4 is 43.5 Å². The zero-order chi connectivity index (χ0) is 22.5. The predicted molar refractivity (Wildman–Crippen MR) is 117 cm³/mol. The summed E-state index contributed by atoms with van der Waals surface area (Å²) in [5, 5.41) is 2.46. The molecule has 162 valence electrons. The van der Waals surface area contributed by atoms with E-state index < -0.39 is 40.2 Å². The molecule has 0 saturated heterocycles. The van der Waals surface area contributed by atoms with Gasteiger partial charge in [-0.15, -0.1) is 0 Å². The second kappa shape index (κ2) is 10.0. The summed E-state index contributed by atoms with van der Waals surface area (Å²) in [6.07, 6.45) is 0.989. The van der Waals surface area contributed by atoms with Gasteiger partial charge in [0.05, 0.1) is 11.9 Å². The molecule has 0 heterocycles. The van der Waals surface area contributed by atoms with E-state index in [-0.39, 0.29) is 17.8 Å². The molecule has 0 aromatic heterocycles. The molecule has 7 nitrogen and oxygen atoms in total. The third-order valence-electron chi connectivity index (χ3n) is 4.51. The molecule has 0 bridgehead atoms. The van der Waals surface area contributed by atoms with Crippen LogP contribution in [0.15, 0.2) is 53.0 Å². The molecule has 0 unspecified atom stereocenters. The molecule has 2 aromatic carbocycles. The summed E-state index contributed by atoms with van der Waals surface area (Å²) in [5.74, 6) is -1.62. The number of amides is 2. The molecule has 30 heavy (non-hydrogen) atoms. The first-order chi connectivity index (χ1) is 14.1. The third kappa shape index (κ3) is 5.79. The van der Waals surface area contributed by atoms with Crippen LogP contribution >= 0.6 is 15.9 Å². The van der Waals surface area contributed by atoms with Crippen LogP contribution in [0.25, 0.3) is 0 Å². The summed E-state index contributed by atoms with van der Waals surface area (Å²) in [4.78, 5) is 26.5. The average Bonchev–Trinajstić information content (AvgIpc) is 2.70. The molecule has 2 rings (SSSR count). The standard InChI is InChI=1S/C20H23BrFN3O4S/c1-14(20(27)23-2)24(12-15-8-4-6-10-17(15)22)19(26)13-25(30(3,28)29)18-11-7-5-9-16(18)21/h4-11,14H,12-13H2,1-3H3,(H,23,27)/t14-/m0/s1. The van der Waals surface area contributed by atoms with Crippen molar-refractivity contribution in [2.24, 2.45) is 0 Å². The van der Waals surface area contributed by atoms with Gasteiger partial charge in [-0.2, -0.15) is 0 Å². The highest BCUT2D eigenvalue weighted by atomic mass is 79.9. The SMILES string of the molecule is CNC(=O)[C@H](C)N(Cc1ccccc1F)C(=O)CN(c1ccccc1Br)S(C)(=O)=O. The molecule has 0 aliphatic carbocycles. The molecular weight excluding hydrogens is 477 g/mol. The van der Waals surface area contributed by atoms with E-state index in [1.165, 1.54) is 32.2 Å². The molecule has 0 aliphatic heterocycles. The van der Waals surface area contributed by atoms with Gasteiger partial charge in [0, 0.05) is 23.6 Å². The third-order valence-corrected chi connectivity index (χ3v) is 6.31. The van der Waals surface area contributed by atoms with Crippen molar-refractivity contribution in [2.45, 2.75) is 19.5 Å². The topological polar surface area (TPSA) is 86.8 Å². The van der Waals surface area contributed by atoms with E-state index in [2.05, 4.69) is 21.2 Å². The van der Waals surface area contributed by atoms with E-state index in [0.29, 0.717) is 4.47 Å². The Kier molecular flexibility index (Phi) is 7.96. The molecule has 0 spiro atoms. The van der Waals surface area contributed by atoms with E-state index in [1.807, 2.05) is 0 Å². The number of nitrogens with zero attached hydrogens (tertiary/aromatic N) is 2. The number of hydrogen-bond acceptors (Lipinski definition) is 4. The van der Waals surface area contributed by atoms with Crippen LogP contribution in [0.2, 0.25) is 0 Å². The maximum absolute atomic E-state index is 14.2. The van der Waals surface area contributed by atoms with Crippen LogP contribution in [0, 0.1) is 5.82 Å². The highest BCUT2D eigenvalue weighted by Gasteiger charge is 2.30. The minimum atomic E-state index is -3.82. The van der Waals surface area contributed by atoms with Gasteiger partial charge in [-0.3, -0.25) is 13.9 Å². The fourth-order valence-electron chi connectivity index (χ4n) is 2.85. The largest absolute Gasteiger partial charge is 0.357 e. The van der Waals surface area contributed by atoms with Crippen molar-refractivity contribution in [1.82, 2.24) is 10.2 Å². The summed E-state index contributed by atoms with van der Waals surface area (Å²) in [7, 11) is -2.40. The fraction of sp³-hybridized carbons (Fsp3) is 0.300. The van der Waals surface area contributed by atoms with Crippen LogP contribution in [0.4, 0.5) is 10.1 Å². The highest BCUT2D eigenvalue weighted by Crippen LogP contribution is 2.28. The van der Waals surface area contributed by atoms with Gasteiger partial charge in [0.15, 0.2) is 0 Å². The van der Waals surface area contributed by atoms with E-state index in [0.717, 1.165) is 15.5 Å². The van der Waals surface area contributed by atoms with Crippen LogP contribution in [0.1, 0.15) is 12.5 Å². The molecule has 0 radical (unpaired) electrons.